The van der Waals surface area contributed by atoms with Gasteiger partial charge in [0.05, 0.1) is 10.6 Å². The number of hydrogen-bond donors (Lipinski definition) is 1. The molecule has 1 N–H and O–H groups in total. The maximum Gasteiger partial charge on any atom is 0.264 e. The van der Waals surface area contributed by atoms with Gasteiger partial charge in [0.1, 0.15) is 12.6 Å². The van der Waals surface area contributed by atoms with Crippen molar-refractivity contribution in [3.05, 3.63) is 94.5 Å². The number of benzene rings is 3. The van der Waals surface area contributed by atoms with Crippen molar-refractivity contribution in [3.8, 4) is 0 Å². The van der Waals surface area contributed by atoms with E-state index in [-0.39, 0.29) is 23.4 Å². The SMILES string of the molecule is CCc1ccccc1N(CC(=O)N(Cc1cccc(Cl)c1)[C@@H](C)C(=O)N[C@@H](C)CC)S(=O)(=O)c1ccc(C)cc1. The van der Waals surface area contributed by atoms with E-state index >= 15 is 0 Å². The van der Waals surface area contributed by atoms with E-state index in [1.54, 1.807) is 61.5 Å². The summed E-state index contributed by atoms with van der Waals surface area (Å²) < 4.78 is 29.2. The van der Waals surface area contributed by atoms with Gasteiger partial charge in [0, 0.05) is 17.6 Å². The second-order valence-corrected chi connectivity index (χ2v) is 12.3. The normalized spacial score (nSPS) is 12.8. The molecular weight excluding hydrogens is 546 g/mol. The minimum Gasteiger partial charge on any atom is -0.352 e. The van der Waals surface area contributed by atoms with Crippen LogP contribution >= 0.6 is 11.6 Å². The van der Waals surface area contributed by atoms with E-state index in [4.69, 9.17) is 11.6 Å². The Bertz CT molecular complexity index is 1430. The third kappa shape index (κ3) is 7.64. The summed E-state index contributed by atoms with van der Waals surface area (Å²) >= 11 is 6.20. The lowest BCUT2D eigenvalue weighted by Gasteiger charge is -2.33. The Morgan fingerprint density at radius 3 is 2.25 bits per heavy atom. The van der Waals surface area contributed by atoms with Crippen molar-refractivity contribution in [1.29, 1.82) is 0 Å². The lowest BCUT2D eigenvalue weighted by atomic mass is 10.1. The summed E-state index contributed by atoms with van der Waals surface area (Å²) in [6.07, 6.45) is 1.31. The van der Waals surface area contributed by atoms with Crippen LogP contribution in [0.25, 0.3) is 0 Å². The number of hydrogen-bond acceptors (Lipinski definition) is 4. The Morgan fingerprint density at radius 1 is 0.950 bits per heavy atom. The molecule has 0 unspecified atom stereocenters. The van der Waals surface area contributed by atoms with Crippen molar-refractivity contribution in [2.45, 2.75) is 71.0 Å². The van der Waals surface area contributed by atoms with Crippen LogP contribution in [0.15, 0.2) is 77.7 Å². The van der Waals surface area contributed by atoms with Gasteiger partial charge in [0.25, 0.3) is 10.0 Å². The number of rotatable bonds is 12. The second kappa shape index (κ2) is 13.8. The summed E-state index contributed by atoms with van der Waals surface area (Å²) in [6, 6.07) is 19.8. The van der Waals surface area contributed by atoms with Gasteiger partial charge < -0.3 is 10.2 Å². The number of nitrogens with zero attached hydrogens (tertiary/aromatic N) is 2. The summed E-state index contributed by atoms with van der Waals surface area (Å²) in [5.74, 6) is -0.819. The van der Waals surface area contributed by atoms with E-state index in [0.717, 1.165) is 27.4 Å². The van der Waals surface area contributed by atoms with Crippen LogP contribution in [0.2, 0.25) is 5.02 Å². The van der Waals surface area contributed by atoms with Gasteiger partial charge in [-0.15, -0.1) is 0 Å². The van der Waals surface area contributed by atoms with Crippen LogP contribution in [0.1, 0.15) is 50.8 Å². The first kappa shape index (κ1) is 31.2. The van der Waals surface area contributed by atoms with Crippen molar-refractivity contribution in [2.75, 3.05) is 10.8 Å². The molecule has 0 aliphatic rings. The number of para-hydroxylation sites is 1. The Labute approximate surface area is 243 Å². The number of amides is 2. The maximum absolute atomic E-state index is 14.1. The molecule has 0 radical (unpaired) electrons. The van der Waals surface area contributed by atoms with Crippen molar-refractivity contribution in [2.24, 2.45) is 0 Å². The van der Waals surface area contributed by atoms with Crippen LogP contribution in [0.5, 0.6) is 0 Å². The van der Waals surface area contributed by atoms with Gasteiger partial charge in [-0.2, -0.15) is 0 Å². The van der Waals surface area contributed by atoms with E-state index in [2.05, 4.69) is 5.32 Å². The van der Waals surface area contributed by atoms with Crippen LogP contribution in [-0.2, 0) is 32.6 Å². The highest BCUT2D eigenvalue weighted by atomic mass is 35.5. The van der Waals surface area contributed by atoms with Gasteiger partial charge in [0.15, 0.2) is 0 Å². The molecule has 2 atom stereocenters. The number of nitrogens with one attached hydrogen (secondary N) is 1. The minimum atomic E-state index is -4.12. The highest BCUT2D eigenvalue weighted by molar-refractivity contribution is 7.92. The predicted octanol–water partition coefficient (Wildman–Crippen LogP) is 5.74. The smallest absolute Gasteiger partial charge is 0.264 e. The number of anilines is 1. The van der Waals surface area contributed by atoms with Gasteiger partial charge in [-0.25, -0.2) is 8.42 Å². The summed E-state index contributed by atoms with van der Waals surface area (Å²) in [4.78, 5) is 28.7. The number of carbonyl (C=O) groups is 2. The molecule has 0 aliphatic heterocycles. The fraction of sp³-hybridized carbons (Fsp3) is 0.355. The van der Waals surface area contributed by atoms with Crippen LogP contribution in [0, 0.1) is 6.92 Å². The lowest BCUT2D eigenvalue weighted by Crippen LogP contribution is -2.52. The number of halogens is 1. The van der Waals surface area contributed by atoms with E-state index in [1.165, 1.54) is 4.90 Å². The molecule has 0 heterocycles. The molecule has 3 aromatic rings. The van der Waals surface area contributed by atoms with Crippen LogP contribution in [0.4, 0.5) is 5.69 Å². The van der Waals surface area contributed by atoms with Crippen molar-refractivity contribution in [1.82, 2.24) is 10.2 Å². The zero-order valence-electron chi connectivity index (χ0n) is 23.7. The molecule has 0 spiro atoms. The van der Waals surface area contributed by atoms with Crippen molar-refractivity contribution in [3.63, 3.8) is 0 Å². The maximum atomic E-state index is 14.1. The molecule has 0 fully saturated rings. The van der Waals surface area contributed by atoms with Gasteiger partial charge in [-0.05, 0) is 75.1 Å². The lowest BCUT2D eigenvalue weighted by molar-refractivity contribution is -0.139. The molecule has 214 valence electrons. The van der Waals surface area contributed by atoms with Gasteiger partial charge in [-0.3, -0.25) is 13.9 Å². The average Bonchev–Trinajstić information content (AvgIpc) is 2.94. The van der Waals surface area contributed by atoms with Crippen molar-refractivity contribution >= 4 is 39.1 Å². The summed E-state index contributed by atoms with van der Waals surface area (Å²) in [6.45, 7) is 8.93. The molecular formula is C31H38ClN3O4S. The summed E-state index contributed by atoms with van der Waals surface area (Å²) in [7, 11) is -4.12. The first-order valence-corrected chi connectivity index (χ1v) is 15.3. The molecule has 2 amide bonds. The van der Waals surface area contributed by atoms with Gasteiger partial charge in [0.2, 0.25) is 11.8 Å². The van der Waals surface area contributed by atoms with E-state index < -0.39 is 28.5 Å². The quantitative estimate of drug-likeness (QED) is 0.295. The molecule has 40 heavy (non-hydrogen) atoms. The van der Waals surface area contributed by atoms with E-state index in [9.17, 15) is 18.0 Å². The molecule has 0 saturated carbocycles. The third-order valence-corrected chi connectivity index (χ3v) is 8.95. The standard InChI is InChI=1S/C31H38ClN3O4S/c1-6-23(4)33-31(37)24(5)34(20-25-11-10-13-27(32)19-25)30(36)21-35(29-14-9-8-12-26(29)7-2)40(38,39)28-17-15-22(3)16-18-28/h8-19,23-24H,6-7,20-21H2,1-5H3,(H,33,37)/t23-,24-/m0/s1. The number of aryl methyl sites for hydroxylation is 2. The highest BCUT2D eigenvalue weighted by Crippen LogP contribution is 2.28. The second-order valence-electron chi connectivity index (χ2n) is 9.95. The first-order valence-electron chi connectivity index (χ1n) is 13.5. The van der Waals surface area contributed by atoms with Crippen LogP contribution in [0.3, 0.4) is 0 Å². The Kier molecular flexibility index (Phi) is 10.8. The summed E-state index contributed by atoms with van der Waals surface area (Å²) in [5, 5.41) is 3.44. The molecule has 7 nitrogen and oxygen atoms in total. The monoisotopic (exact) mass is 583 g/mol. The molecule has 0 saturated heterocycles. The van der Waals surface area contributed by atoms with E-state index in [0.29, 0.717) is 17.1 Å². The number of carbonyl (C=O) groups excluding carboxylic acids is 2. The fourth-order valence-electron chi connectivity index (χ4n) is 4.28. The molecule has 0 aliphatic carbocycles. The van der Waals surface area contributed by atoms with Crippen LogP contribution < -0.4 is 9.62 Å². The molecule has 3 aromatic carbocycles. The van der Waals surface area contributed by atoms with Crippen LogP contribution in [-0.4, -0.2) is 43.8 Å². The molecule has 9 heteroatoms. The largest absolute Gasteiger partial charge is 0.352 e. The Balaban J connectivity index is 2.06. The molecule has 0 aromatic heterocycles. The van der Waals surface area contributed by atoms with E-state index in [1.807, 2.05) is 45.9 Å². The fourth-order valence-corrected chi connectivity index (χ4v) is 5.95. The predicted molar refractivity (Wildman–Crippen MR) is 161 cm³/mol. The Morgan fingerprint density at radius 2 is 1.62 bits per heavy atom. The van der Waals surface area contributed by atoms with Gasteiger partial charge in [-0.1, -0.05) is 73.5 Å². The molecule has 3 rings (SSSR count). The minimum absolute atomic E-state index is 0.0760. The summed E-state index contributed by atoms with van der Waals surface area (Å²) in [5.41, 5.74) is 2.86. The highest BCUT2D eigenvalue weighted by Gasteiger charge is 2.33. The molecule has 0 bridgehead atoms. The van der Waals surface area contributed by atoms with Crippen molar-refractivity contribution < 1.29 is 18.0 Å². The zero-order valence-corrected chi connectivity index (χ0v) is 25.3. The van der Waals surface area contributed by atoms with Gasteiger partial charge >= 0.3 is 0 Å². The topological polar surface area (TPSA) is 86.8 Å². The number of sulfonamides is 1. The zero-order chi connectivity index (χ0) is 29.4. The first-order chi connectivity index (χ1) is 19.0. The third-order valence-electron chi connectivity index (χ3n) is 6.94. The average molecular weight is 584 g/mol. The Hall–Kier alpha value is -3.36.